The van der Waals surface area contributed by atoms with Crippen molar-refractivity contribution >= 4 is 16.9 Å². The molecule has 6 nitrogen and oxygen atoms in total. The van der Waals surface area contributed by atoms with Crippen molar-refractivity contribution in [2.75, 3.05) is 0 Å². The van der Waals surface area contributed by atoms with Crippen LogP contribution in [0.15, 0.2) is 24.3 Å². The smallest absolute Gasteiger partial charge is 0.220 e. The Hall–Kier alpha value is -2.63. The van der Waals surface area contributed by atoms with Crippen molar-refractivity contribution in [1.29, 1.82) is 0 Å². The van der Waals surface area contributed by atoms with Crippen LogP contribution in [-0.2, 0) is 11.2 Å². The van der Waals surface area contributed by atoms with E-state index in [0.717, 1.165) is 33.8 Å². The van der Waals surface area contributed by atoms with Gasteiger partial charge in [-0.15, -0.1) is 0 Å². The third-order valence-corrected chi connectivity index (χ3v) is 4.57. The topological polar surface area (TPSA) is 86.5 Å². The number of benzene rings is 1. The van der Waals surface area contributed by atoms with Gasteiger partial charge in [0.05, 0.1) is 22.8 Å². The number of H-pyrrole nitrogens is 2. The van der Waals surface area contributed by atoms with E-state index < -0.39 is 0 Å². The summed E-state index contributed by atoms with van der Waals surface area (Å²) in [5, 5.41) is 10.3. The Kier molecular flexibility index (Phi) is 4.88. The minimum Gasteiger partial charge on any atom is -0.346 e. The first-order valence-electron chi connectivity index (χ1n) is 8.70. The molecule has 6 heteroatoms. The van der Waals surface area contributed by atoms with Crippen LogP contribution in [-0.4, -0.2) is 26.1 Å². The Labute approximate surface area is 147 Å². The minimum absolute atomic E-state index is 0.0270. The molecule has 132 valence electrons. The normalized spacial score (nSPS) is 12.7. The van der Waals surface area contributed by atoms with E-state index in [1.54, 1.807) is 0 Å². The van der Waals surface area contributed by atoms with Crippen molar-refractivity contribution in [3.05, 3.63) is 47.0 Å². The van der Waals surface area contributed by atoms with E-state index in [0.29, 0.717) is 12.8 Å². The van der Waals surface area contributed by atoms with Gasteiger partial charge in [0, 0.05) is 12.1 Å². The number of aromatic nitrogens is 4. The number of nitrogens with zero attached hydrogens (tertiary/aromatic N) is 2. The van der Waals surface area contributed by atoms with Crippen molar-refractivity contribution in [3.8, 4) is 0 Å². The van der Waals surface area contributed by atoms with Crippen molar-refractivity contribution in [2.24, 2.45) is 5.92 Å². The van der Waals surface area contributed by atoms with Crippen LogP contribution in [0.25, 0.3) is 11.0 Å². The monoisotopic (exact) mass is 339 g/mol. The highest BCUT2D eigenvalue weighted by Gasteiger charge is 2.22. The predicted molar refractivity (Wildman–Crippen MR) is 98.2 cm³/mol. The molecule has 0 saturated heterocycles. The van der Waals surface area contributed by atoms with E-state index >= 15 is 0 Å². The number of hydrogen-bond donors (Lipinski definition) is 3. The first kappa shape index (κ1) is 17.2. The van der Waals surface area contributed by atoms with Crippen molar-refractivity contribution in [2.45, 2.75) is 46.6 Å². The van der Waals surface area contributed by atoms with Gasteiger partial charge in [-0.05, 0) is 43.9 Å². The number of amides is 1. The van der Waals surface area contributed by atoms with Crippen molar-refractivity contribution < 1.29 is 4.79 Å². The molecule has 0 aliphatic carbocycles. The molecule has 3 aromatic rings. The Morgan fingerprint density at radius 3 is 2.64 bits per heavy atom. The molecule has 2 heterocycles. The van der Waals surface area contributed by atoms with Crippen LogP contribution in [0.2, 0.25) is 0 Å². The number of aryl methyl sites for hydroxylation is 2. The van der Waals surface area contributed by atoms with E-state index in [4.69, 9.17) is 0 Å². The van der Waals surface area contributed by atoms with Crippen LogP contribution in [0.5, 0.6) is 0 Å². The minimum atomic E-state index is -0.133. The predicted octanol–water partition coefficient (Wildman–Crippen LogP) is 3.35. The van der Waals surface area contributed by atoms with Gasteiger partial charge in [0.15, 0.2) is 0 Å². The van der Waals surface area contributed by atoms with Gasteiger partial charge in [0.2, 0.25) is 5.91 Å². The molecule has 3 rings (SSSR count). The van der Waals surface area contributed by atoms with E-state index in [-0.39, 0.29) is 17.9 Å². The van der Waals surface area contributed by atoms with Crippen LogP contribution >= 0.6 is 0 Å². The average molecular weight is 339 g/mol. The standard InChI is InChI=1S/C19H25N5O/c1-11(2)18(19-20-15-7-5-6-8-16(15)21-19)22-17(25)10-9-14-12(3)23-24-13(14)4/h5-8,11,18H,9-10H2,1-4H3,(H,20,21)(H,22,25)(H,23,24)/t18-/m0/s1. The maximum absolute atomic E-state index is 12.5. The lowest BCUT2D eigenvalue weighted by Gasteiger charge is -2.20. The zero-order valence-electron chi connectivity index (χ0n) is 15.2. The summed E-state index contributed by atoms with van der Waals surface area (Å²) in [7, 11) is 0. The molecule has 0 spiro atoms. The first-order chi connectivity index (χ1) is 12.0. The number of aromatic amines is 2. The molecule has 3 N–H and O–H groups in total. The zero-order valence-corrected chi connectivity index (χ0v) is 15.2. The van der Waals surface area contributed by atoms with Crippen LogP contribution < -0.4 is 5.32 Å². The second-order valence-electron chi connectivity index (χ2n) is 6.84. The number of nitrogens with one attached hydrogen (secondary N) is 3. The summed E-state index contributed by atoms with van der Waals surface area (Å²) in [5.74, 6) is 1.07. The van der Waals surface area contributed by atoms with Crippen LogP contribution in [0.4, 0.5) is 0 Å². The molecule has 0 fully saturated rings. The summed E-state index contributed by atoms with van der Waals surface area (Å²) in [6.07, 6.45) is 1.12. The number of carbonyl (C=O) groups excluding carboxylic acids is 1. The van der Waals surface area contributed by atoms with E-state index in [9.17, 15) is 4.79 Å². The largest absolute Gasteiger partial charge is 0.346 e. The third-order valence-electron chi connectivity index (χ3n) is 4.57. The van der Waals surface area contributed by atoms with Gasteiger partial charge in [-0.1, -0.05) is 26.0 Å². The summed E-state index contributed by atoms with van der Waals surface area (Å²) in [6, 6.07) is 7.77. The van der Waals surface area contributed by atoms with Gasteiger partial charge in [0.25, 0.3) is 0 Å². The summed E-state index contributed by atoms with van der Waals surface area (Å²) >= 11 is 0. The maximum Gasteiger partial charge on any atom is 0.220 e. The summed E-state index contributed by atoms with van der Waals surface area (Å²) in [5.41, 5.74) is 5.02. The highest BCUT2D eigenvalue weighted by atomic mass is 16.1. The average Bonchev–Trinajstić information content (AvgIpc) is 3.14. The molecule has 0 unspecified atom stereocenters. The molecule has 0 aliphatic heterocycles. The zero-order chi connectivity index (χ0) is 18.0. The molecule has 1 amide bonds. The van der Waals surface area contributed by atoms with Gasteiger partial charge >= 0.3 is 0 Å². The second-order valence-corrected chi connectivity index (χ2v) is 6.84. The Balaban J connectivity index is 1.70. The van der Waals surface area contributed by atoms with Gasteiger partial charge < -0.3 is 10.3 Å². The molecule has 0 bridgehead atoms. The Bertz CT molecular complexity index is 824. The van der Waals surface area contributed by atoms with Gasteiger partial charge in [0.1, 0.15) is 5.82 Å². The highest BCUT2D eigenvalue weighted by molar-refractivity contribution is 5.77. The second kappa shape index (κ2) is 7.09. The molecule has 0 aliphatic rings. The number of para-hydroxylation sites is 2. The van der Waals surface area contributed by atoms with Gasteiger partial charge in [-0.3, -0.25) is 9.89 Å². The van der Waals surface area contributed by atoms with Gasteiger partial charge in [-0.2, -0.15) is 5.10 Å². The van der Waals surface area contributed by atoms with E-state index in [2.05, 4.69) is 39.3 Å². The van der Waals surface area contributed by atoms with E-state index in [1.807, 2.05) is 38.1 Å². The molecule has 1 aromatic carbocycles. The number of carbonyl (C=O) groups is 1. The van der Waals surface area contributed by atoms with Crippen LogP contribution in [0, 0.1) is 19.8 Å². The fourth-order valence-electron chi connectivity index (χ4n) is 3.10. The number of imidazole rings is 1. The Morgan fingerprint density at radius 1 is 1.24 bits per heavy atom. The summed E-state index contributed by atoms with van der Waals surface area (Å²) < 4.78 is 0. The van der Waals surface area contributed by atoms with Gasteiger partial charge in [-0.25, -0.2) is 4.98 Å². The van der Waals surface area contributed by atoms with Crippen molar-refractivity contribution in [3.63, 3.8) is 0 Å². The third kappa shape index (κ3) is 3.73. The number of fused-ring (bicyclic) bond motifs is 1. The quantitative estimate of drug-likeness (QED) is 0.644. The molecule has 1 atom stereocenters. The first-order valence-corrected chi connectivity index (χ1v) is 8.70. The summed E-state index contributed by atoms with van der Waals surface area (Å²) in [6.45, 7) is 8.12. The van der Waals surface area contributed by atoms with E-state index in [1.165, 1.54) is 0 Å². The number of rotatable bonds is 6. The number of hydrogen-bond acceptors (Lipinski definition) is 3. The molecule has 2 aromatic heterocycles. The van der Waals surface area contributed by atoms with Crippen LogP contribution in [0.1, 0.15) is 49.1 Å². The lowest BCUT2D eigenvalue weighted by molar-refractivity contribution is -0.122. The lowest BCUT2D eigenvalue weighted by atomic mass is 10.0. The maximum atomic E-state index is 12.5. The molecule has 0 saturated carbocycles. The molecule has 0 radical (unpaired) electrons. The summed E-state index contributed by atoms with van der Waals surface area (Å²) in [4.78, 5) is 20.5. The molecular weight excluding hydrogens is 314 g/mol. The fraction of sp³-hybridized carbons (Fsp3) is 0.421. The SMILES string of the molecule is Cc1n[nH]c(C)c1CCC(=O)N[C@H](c1nc2ccccc2[nH]1)C(C)C. The highest BCUT2D eigenvalue weighted by Crippen LogP contribution is 2.22. The lowest BCUT2D eigenvalue weighted by Crippen LogP contribution is -2.32. The molecule has 25 heavy (non-hydrogen) atoms. The Morgan fingerprint density at radius 2 is 2.00 bits per heavy atom. The molecular formula is C19H25N5O. The fourth-order valence-corrected chi connectivity index (χ4v) is 3.10. The van der Waals surface area contributed by atoms with Crippen LogP contribution in [0.3, 0.4) is 0 Å². The van der Waals surface area contributed by atoms with Crippen molar-refractivity contribution in [1.82, 2.24) is 25.5 Å².